The van der Waals surface area contributed by atoms with E-state index in [4.69, 9.17) is 0 Å². The molecule has 4 fully saturated rings. The van der Waals surface area contributed by atoms with Crippen molar-refractivity contribution in [1.82, 2.24) is 0 Å². The van der Waals surface area contributed by atoms with Gasteiger partial charge >= 0.3 is 5.97 Å². The van der Waals surface area contributed by atoms with E-state index < -0.39 is 22.4 Å². The molecule has 5 aliphatic carbocycles. The maximum Gasteiger partial charge on any atom is 0.310 e. The first-order chi connectivity index (χ1) is 16.1. The number of carbonyl (C=O) groups excluding carboxylic acids is 1. The van der Waals surface area contributed by atoms with Crippen LogP contribution >= 0.6 is 0 Å². The van der Waals surface area contributed by atoms with E-state index in [1.165, 1.54) is 5.57 Å². The number of allylic oxidation sites excluding steroid dienone is 1. The van der Waals surface area contributed by atoms with Crippen molar-refractivity contribution in [2.24, 2.45) is 50.7 Å². The number of hydrogen-bond acceptors (Lipinski definition) is 4. The molecule has 4 saturated carbocycles. The van der Waals surface area contributed by atoms with Gasteiger partial charge < -0.3 is 15.3 Å². The molecule has 0 aromatic rings. The Morgan fingerprint density at radius 3 is 2.31 bits per heavy atom. The Morgan fingerprint density at radius 1 is 1.00 bits per heavy atom. The zero-order valence-corrected chi connectivity index (χ0v) is 22.6. The predicted molar refractivity (Wildman–Crippen MR) is 134 cm³/mol. The van der Waals surface area contributed by atoms with Crippen LogP contribution in [-0.4, -0.2) is 39.3 Å². The van der Waals surface area contributed by atoms with Crippen molar-refractivity contribution >= 4 is 11.8 Å². The Morgan fingerprint density at radius 2 is 1.69 bits per heavy atom. The second-order valence-corrected chi connectivity index (χ2v) is 14.4. The molecule has 0 radical (unpaired) electrons. The predicted octanol–water partition coefficient (Wildman–Crippen LogP) is 5.39. The lowest BCUT2D eigenvalue weighted by molar-refractivity contribution is -0.209. The minimum absolute atomic E-state index is 0.0412. The lowest BCUT2D eigenvalue weighted by atomic mass is 9.33. The van der Waals surface area contributed by atoms with Crippen molar-refractivity contribution in [2.45, 2.75) is 105 Å². The van der Waals surface area contributed by atoms with E-state index in [0.29, 0.717) is 25.2 Å². The van der Waals surface area contributed by atoms with Gasteiger partial charge in [-0.05, 0) is 92.3 Å². The van der Waals surface area contributed by atoms with Crippen LogP contribution in [0.15, 0.2) is 11.6 Å². The van der Waals surface area contributed by atoms with Crippen LogP contribution in [-0.2, 0) is 9.59 Å². The van der Waals surface area contributed by atoms with Crippen LogP contribution in [0.3, 0.4) is 0 Å². The number of rotatable bonds is 2. The van der Waals surface area contributed by atoms with E-state index in [-0.39, 0.29) is 46.4 Å². The van der Waals surface area contributed by atoms with Crippen molar-refractivity contribution in [3.05, 3.63) is 11.6 Å². The van der Waals surface area contributed by atoms with Gasteiger partial charge in [0.1, 0.15) is 5.78 Å². The zero-order valence-electron chi connectivity index (χ0n) is 22.6. The maximum atomic E-state index is 13.0. The van der Waals surface area contributed by atoms with Crippen molar-refractivity contribution in [3.63, 3.8) is 0 Å². The molecule has 5 nitrogen and oxygen atoms in total. The summed E-state index contributed by atoms with van der Waals surface area (Å²) in [6, 6.07) is 0. The quantitative estimate of drug-likeness (QED) is 0.455. The Kier molecular flexibility index (Phi) is 5.40. The van der Waals surface area contributed by atoms with Crippen molar-refractivity contribution in [2.75, 3.05) is 6.61 Å². The highest BCUT2D eigenvalue weighted by Gasteiger charge is 2.71. The van der Waals surface area contributed by atoms with Crippen LogP contribution in [0, 0.1) is 50.7 Å². The van der Waals surface area contributed by atoms with E-state index in [9.17, 15) is 24.9 Å². The third kappa shape index (κ3) is 2.83. The number of Topliss-reactive ketones (excluding diaryl/α,β-unsaturated/α-hetero) is 1. The third-order valence-corrected chi connectivity index (χ3v) is 13.4. The molecule has 5 aliphatic rings. The highest BCUT2D eigenvalue weighted by atomic mass is 16.4. The summed E-state index contributed by atoms with van der Waals surface area (Å²) in [6.45, 7) is 13.0. The molecule has 0 bridgehead atoms. The smallest absolute Gasteiger partial charge is 0.310 e. The van der Waals surface area contributed by atoms with Crippen molar-refractivity contribution in [3.8, 4) is 0 Å². The summed E-state index contributed by atoms with van der Waals surface area (Å²) >= 11 is 0. The van der Waals surface area contributed by atoms with Gasteiger partial charge in [0.15, 0.2) is 0 Å². The van der Waals surface area contributed by atoms with Gasteiger partial charge in [-0.2, -0.15) is 0 Å². The number of carbonyl (C=O) groups is 2. The second-order valence-electron chi connectivity index (χ2n) is 14.4. The van der Waals surface area contributed by atoms with Gasteiger partial charge in [0.25, 0.3) is 0 Å². The molecule has 0 amide bonds. The summed E-state index contributed by atoms with van der Waals surface area (Å²) in [7, 11) is 0. The van der Waals surface area contributed by atoms with Crippen molar-refractivity contribution < 1.29 is 24.9 Å². The fraction of sp³-hybridized carbons (Fsp3) is 0.867. The summed E-state index contributed by atoms with van der Waals surface area (Å²) < 4.78 is 0. The van der Waals surface area contributed by atoms with Crippen LogP contribution in [0.4, 0.5) is 0 Å². The average Bonchev–Trinajstić information content (AvgIpc) is 2.79. The first-order valence-corrected chi connectivity index (χ1v) is 14.0. The molecule has 10 atom stereocenters. The summed E-state index contributed by atoms with van der Waals surface area (Å²) in [6.07, 6.45) is 9.29. The van der Waals surface area contributed by atoms with Gasteiger partial charge in [-0.1, -0.05) is 46.3 Å². The number of ketones is 1. The number of aliphatic hydroxyl groups excluding tert-OH is 1. The summed E-state index contributed by atoms with van der Waals surface area (Å²) in [5.41, 5.74) is -1.70. The number of carboxylic acid groups (broad SMARTS) is 1. The molecule has 2 unspecified atom stereocenters. The Bertz CT molecular complexity index is 983. The van der Waals surface area contributed by atoms with Gasteiger partial charge in [0.2, 0.25) is 0 Å². The van der Waals surface area contributed by atoms with Gasteiger partial charge in [-0.25, -0.2) is 0 Å². The summed E-state index contributed by atoms with van der Waals surface area (Å²) in [5, 5.41) is 32.8. The molecule has 5 rings (SSSR count). The fourth-order valence-electron chi connectivity index (χ4n) is 10.7. The number of carboxylic acids is 1. The van der Waals surface area contributed by atoms with E-state index in [1.54, 1.807) is 0 Å². The second kappa shape index (κ2) is 7.43. The van der Waals surface area contributed by atoms with Crippen molar-refractivity contribution in [1.29, 1.82) is 0 Å². The van der Waals surface area contributed by atoms with Gasteiger partial charge in [0.05, 0.1) is 23.0 Å². The molecule has 0 aliphatic heterocycles. The van der Waals surface area contributed by atoms with E-state index >= 15 is 0 Å². The third-order valence-electron chi connectivity index (χ3n) is 13.4. The standard InChI is InChI=1S/C30H46O5/c1-18-9-14-30(24(33)34)16-15-27(4)19(23(30)29(18,6)35)7-8-21-25(2)12-11-22(32)26(3,17-31)20(25)10-13-28(21,27)5/h7,18,20-21,23,31,35H,8-17H2,1-6H3,(H,33,34)/t18-,20-,21?,23?,25+,26-,27-,28-,29-,30+/m1/s1. The Balaban J connectivity index is 1.64. The van der Waals surface area contributed by atoms with E-state index in [1.807, 2.05) is 13.8 Å². The first kappa shape index (κ1) is 25.4. The average molecular weight is 487 g/mol. The van der Waals surface area contributed by atoms with Gasteiger partial charge in [-0.15, -0.1) is 0 Å². The first-order valence-electron chi connectivity index (χ1n) is 14.0. The maximum absolute atomic E-state index is 13.0. The number of fused-ring (bicyclic) bond motifs is 7. The zero-order chi connectivity index (χ0) is 25.8. The lowest BCUT2D eigenvalue weighted by Gasteiger charge is -2.71. The summed E-state index contributed by atoms with van der Waals surface area (Å²) in [5.74, 6) is -0.321. The lowest BCUT2D eigenvalue weighted by Crippen LogP contribution is -2.67. The molecule has 196 valence electrons. The molecule has 0 aromatic heterocycles. The summed E-state index contributed by atoms with van der Waals surface area (Å²) in [4.78, 5) is 25.8. The fourth-order valence-corrected chi connectivity index (χ4v) is 10.7. The van der Waals surface area contributed by atoms with Crippen LogP contribution < -0.4 is 0 Å². The van der Waals surface area contributed by atoms with Gasteiger partial charge in [0, 0.05) is 12.3 Å². The molecule has 3 N–H and O–H groups in total. The topological polar surface area (TPSA) is 94.8 Å². The van der Waals surface area contributed by atoms with Crippen LogP contribution in [0.2, 0.25) is 0 Å². The van der Waals surface area contributed by atoms with Crippen LogP contribution in [0.25, 0.3) is 0 Å². The molecular formula is C30H46O5. The van der Waals surface area contributed by atoms with E-state index in [2.05, 4.69) is 33.8 Å². The Labute approximate surface area is 210 Å². The molecule has 35 heavy (non-hydrogen) atoms. The van der Waals surface area contributed by atoms with E-state index in [0.717, 1.165) is 38.5 Å². The largest absolute Gasteiger partial charge is 0.481 e. The normalized spacial score (nSPS) is 55.7. The molecule has 0 spiro atoms. The van der Waals surface area contributed by atoms with Crippen LogP contribution in [0.1, 0.15) is 99.3 Å². The minimum atomic E-state index is -1.05. The van der Waals surface area contributed by atoms with Gasteiger partial charge in [-0.3, -0.25) is 9.59 Å². The number of aliphatic hydroxyl groups is 2. The molecule has 0 heterocycles. The SMILES string of the molecule is C[C@@H]1CC[C@]2(C(=O)O)CC[C@]3(C)C(=CCC4[C@@]5(C)CCC(=O)[C@](C)(CO)[C@@H]5CC[C@]43C)C2[C@]1(C)O. The van der Waals surface area contributed by atoms with Crippen LogP contribution in [0.5, 0.6) is 0 Å². The number of hydrogen-bond donors (Lipinski definition) is 3. The molecular weight excluding hydrogens is 440 g/mol. The highest BCUT2D eigenvalue weighted by Crippen LogP contribution is 2.75. The molecule has 5 heteroatoms. The Hall–Kier alpha value is -1.20. The number of aliphatic carboxylic acids is 1. The molecule has 0 saturated heterocycles. The highest BCUT2D eigenvalue weighted by molar-refractivity contribution is 5.86. The molecule has 0 aromatic carbocycles. The monoisotopic (exact) mass is 486 g/mol. The minimum Gasteiger partial charge on any atom is -0.481 e.